The van der Waals surface area contributed by atoms with Crippen LogP contribution in [-0.4, -0.2) is 62.2 Å². The lowest BCUT2D eigenvalue weighted by Gasteiger charge is -2.29. The smallest absolute Gasteiger partial charge is 0.320 e. The molecule has 2 amide bonds. The number of piperazine rings is 1. The lowest BCUT2D eigenvalue weighted by Crippen LogP contribution is -2.43. The first-order chi connectivity index (χ1) is 12.9. The third-order valence-electron chi connectivity index (χ3n) is 4.09. The molecule has 0 saturated carbocycles. The Balaban J connectivity index is 1.92. The summed E-state index contributed by atoms with van der Waals surface area (Å²) in [6, 6.07) is 4.28. The molecule has 1 aliphatic heterocycles. The molecule has 1 heterocycles. The van der Waals surface area contributed by atoms with E-state index in [2.05, 4.69) is 16.0 Å². The van der Waals surface area contributed by atoms with Gasteiger partial charge >= 0.3 is 5.97 Å². The van der Waals surface area contributed by atoms with Crippen LogP contribution >= 0.6 is 0 Å². The Morgan fingerprint density at radius 3 is 2.63 bits per heavy atom. The highest BCUT2D eigenvalue weighted by Gasteiger charge is 2.18. The van der Waals surface area contributed by atoms with Crippen molar-refractivity contribution in [3.05, 3.63) is 29.6 Å². The summed E-state index contributed by atoms with van der Waals surface area (Å²) < 4.78 is 14.0. The SMILES string of the molecule is C#C[C@@H](CNC(=O)CNC(=O)c1cc(N2CCNCC2)ccc1F)C(=O)O. The molecule has 1 aliphatic rings. The maximum Gasteiger partial charge on any atom is 0.320 e. The zero-order chi connectivity index (χ0) is 19.8. The fraction of sp³-hybridized carbons (Fsp3) is 0.389. The van der Waals surface area contributed by atoms with E-state index in [1.165, 1.54) is 12.1 Å². The number of halogens is 1. The normalized spacial score (nSPS) is 14.7. The van der Waals surface area contributed by atoms with Crippen molar-refractivity contribution in [1.29, 1.82) is 0 Å². The van der Waals surface area contributed by atoms with Crippen molar-refractivity contribution >= 4 is 23.5 Å². The Labute approximate surface area is 156 Å². The molecule has 1 aromatic carbocycles. The molecule has 0 aromatic heterocycles. The summed E-state index contributed by atoms with van der Waals surface area (Å²) in [6.45, 7) is 2.41. The average molecular weight is 376 g/mol. The fourth-order valence-corrected chi connectivity index (χ4v) is 2.56. The first-order valence-electron chi connectivity index (χ1n) is 8.41. The monoisotopic (exact) mass is 376 g/mol. The minimum Gasteiger partial charge on any atom is -0.480 e. The second-order valence-electron chi connectivity index (χ2n) is 5.95. The Morgan fingerprint density at radius 1 is 1.30 bits per heavy atom. The number of nitrogens with one attached hydrogen (secondary N) is 3. The quantitative estimate of drug-likeness (QED) is 0.474. The molecule has 9 heteroatoms. The Kier molecular flexibility index (Phi) is 7.14. The van der Waals surface area contributed by atoms with Gasteiger partial charge in [0.15, 0.2) is 0 Å². The minimum absolute atomic E-state index is 0.161. The number of carbonyl (C=O) groups is 3. The van der Waals surface area contributed by atoms with Crippen molar-refractivity contribution in [2.45, 2.75) is 0 Å². The molecule has 0 unspecified atom stereocenters. The standard InChI is InChI=1S/C18H21FN4O4/c1-2-12(18(26)27)10-21-16(24)11-22-17(25)14-9-13(3-4-15(14)19)23-7-5-20-6-8-23/h1,3-4,9,12,20H,5-8,10-11H2,(H,21,24)(H,22,25)(H,26,27)/t12-/m0/s1. The molecule has 0 bridgehead atoms. The molecular formula is C18H21FN4O4. The summed E-state index contributed by atoms with van der Waals surface area (Å²) in [5.41, 5.74) is 0.566. The molecule has 1 saturated heterocycles. The second-order valence-corrected chi connectivity index (χ2v) is 5.95. The zero-order valence-corrected chi connectivity index (χ0v) is 14.6. The van der Waals surface area contributed by atoms with Gasteiger partial charge in [-0.25, -0.2) is 4.39 Å². The van der Waals surface area contributed by atoms with Crippen molar-refractivity contribution in [3.8, 4) is 12.3 Å². The van der Waals surface area contributed by atoms with E-state index >= 15 is 0 Å². The van der Waals surface area contributed by atoms with E-state index in [0.717, 1.165) is 31.9 Å². The van der Waals surface area contributed by atoms with Gasteiger partial charge < -0.3 is 26.0 Å². The van der Waals surface area contributed by atoms with E-state index in [1.54, 1.807) is 6.07 Å². The molecule has 0 aliphatic carbocycles. The molecule has 0 radical (unpaired) electrons. The number of terminal acetylenes is 1. The van der Waals surface area contributed by atoms with Gasteiger partial charge in [-0.05, 0) is 18.2 Å². The highest BCUT2D eigenvalue weighted by Crippen LogP contribution is 2.19. The van der Waals surface area contributed by atoms with Crippen LogP contribution in [0.5, 0.6) is 0 Å². The van der Waals surface area contributed by atoms with Crippen LogP contribution in [0.1, 0.15) is 10.4 Å². The van der Waals surface area contributed by atoms with Crippen LogP contribution in [0.3, 0.4) is 0 Å². The van der Waals surface area contributed by atoms with Crippen molar-refractivity contribution in [1.82, 2.24) is 16.0 Å². The Morgan fingerprint density at radius 2 is 2.00 bits per heavy atom. The highest BCUT2D eigenvalue weighted by atomic mass is 19.1. The largest absolute Gasteiger partial charge is 0.480 e. The maximum atomic E-state index is 14.0. The first kappa shape index (κ1) is 20.2. The molecule has 8 nitrogen and oxygen atoms in total. The van der Waals surface area contributed by atoms with E-state index in [0.29, 0.717) is 0 Å². The number of nitrogens with zero attached hydrogens (tertiary/aromatic N) is 1. The van der Waals surface area contributed by atoms with Crippen LogP contribution in [-0.2, 0) is 9.59 Å². The predicted molar refractivity (Wildman–Crippen MR) is 96.8 cm³/mol. The number of rotatable bonds is 7. The molecule has 1 aromatic rings. The summed E-state index contributed by atoms with van der Waals surface area (Å²) >= 11 is 0. The third kappa shape index (κ3) is 5.69. The lowest BCUT2D eigenvalue weighted by molar-refractivity contribution is -0.139. The van der Waals surface area contributed by atoms with Crippen molar-refractivity contribution in [2.24, 2.45) is 5.92 Å². The number of hydrogen-bond acceptors (Lipinski definition) is 5. The van der Waals surface area contributed by atoms with Gasteiger partial charge in [0.1, 0.15) is 11.7 Å². The van der Waals surface area contributed by atoms with Crippen LogP contribution in [0.25, 0.3) is 0 Å². The van der Waals surface area contributed by atoms with Gasteiger partial charge in [0.05, 0.1) is 12.1 Å². The van der Waals surface area contributed by atoms with Gasteiger partial charge in [0.25, 0.3) is 5.91 Å². The number of carboxylic acid groups (broad SMARTS) is 1. The first-order valence-corrected chi connectivity index (χ1v) is 8.41. The van der Waals surface area contributed by atoms with E-state index in [4.69, 9.17) is 11.5 Å². The minimum atomic E-state index is -1.23. The topological polar surface area (TPSA) is 111 Å². The average Bonchev–Trinajstić information content (AvgIpc) is 2.67. The number of anilines is 1. The number of aliphatic carboxylic acids is 1. The van der Waals surface area contributed by atoms with Crippen LogP contribution in [0.15, 0.2) is 18.2 Å². The van der Waals surface area contributed by atoms with Crippen LogP contribution in [0, 0.1) is 24.1 Å². The van der Waals surface area contributed by atoms with Gasteiger partial charge in [-0.3, -0.25) is 14.4 Å². The van der Waals surface area contributed by atoms with Crippen molar-refractivity contribution in [2.75, 3.05) is 44.2 Å². The summed E-state index contributed by atoms with van der Waals surface area (Å²) in [6.07, 6.45) is 5.05. The Hall–Kier alpha value is -3.12. The summed E-state index contributed by atoms with van der Waals surface area (Å²) in [4.78, 5) is 36.8. The van der Waals surface area contributed by atoms with Crippen LogP contribution < -0.4 is 20.9 Å². The molecule has 144 valence electrons. The highest BCUT2D eigenvalue weighted by molar-refractivity contribution is 5.97. The third-order valence-corrected chi connectivity index (χ3v) is 4.09. The number of carbonyl (C=O) groups excluding carboxylic acids is 2. The fourth-order valence-electron chi connectivity index (χ4n) is 2.56. The van der Waals surface area contributed by atoms with E-state index in [-0.39, 0.29) is 12.1 Å². The second kappa shape index (κ2) is 9.54. The molecule has 2 rings (SSSR count). The number of benzene rings is 1. The number of carboxylic acids is 1. The summed E-state index contributed by atoms with van der Waals surface area (Å²) in [5, 5.41) is 16.6. The van der Waals surface area contributed by atoms with Crippen molar-refractivity contribution in [3.63, 3.8) is 0 Å². The van der Waals surface area contributed by atoms with E-state index in [1.807, 2.05) is 10.8 Å². The Bertz CT molecular complexity index is 756. The van der Waals surface area contributed by atoms with Gasteiger partial charge in [0, 0.05) is 38.4 Å². The van der Waals surface area contributed by atoms with Crippen LogP contribution in [0.2, 0.25) is 0 Å². The van der Waals surface area contributed by atoms with E-state index in [9.17, 15) is 18.8 Å². The zero-order valence-electron chi connectivity index (χ0n) is 14.6. The maximum absolute atomic E-state index is 14.0. The molecule has 0 spiro atoms. The van der Waals surface area contributed by atoms with Gasteiger partial charge in [-0.2, -0.15) is 0 Å². The van der Waals surface area contributed by atoms with Crippen LogP contribution in [0.4, 0.5) is 10.1 Å². The molecule has 27 heavy (non-hydrogen) atoms. The van der Waals surface area contributed by atoms with E-state index < -0.39 is 36.1 Å². The van der Waals surface area contributed by atoms with Gasteiger partial charge in [-0.1, -0.05) is 5.92 Å². The molecule has 1 fully saturated rings. The van der Waals surface area contributed by atoms with Gasteiger partial charge in [0.2, 0.25) is 5.91 Å². The predicted octanol–water partition coefficient (Wildman–Crippen LogP) is -0.585. The number of amides is 2. The van der Waals surface area contributed by atoms with Crippen molar-refractivity contribution < 1.29 is 23.9 Å². The van der Waals surface area contributed by atoms with Gasteiger partial charge in [-0.15, -0.1) is 6.42 Å². The number of hydrogen-bond donors (Lipinski definition) is 4. The summed E-state index contributed by atoms with van der Waals surface area (Å²) in [7, 11) is 0. The molecular weight excluding hydrogens is 355 g/mol. The molecule has 1 atom stereocenters. The molecule has 4 N–H and O–H groups in total. The lowest BCUT2D eigenvalue weighted by atomic mass is 10.1. The summed E-state index contributed by atoms with van der Waals surface area (Å²) in [5.74, 6) is -2.39.